The van der Waals surface area contributed by atoms with Crippen molar-refractivity contribution in [2.45, 2.75) is 6.42 Å². The highest BCUT2D eigenvalue weighted by Gasteiger charge is 2.12. The third-order valence-corrected chi connectivity index (χ3v) is 3.71. The molecule has 0 aliphatic rings. The molecular formula is C11H11ClN4O2S. The number of rotatable bonds is 5. The molecule has 0 bridgehead atoms. The van der Waals surface area contributed by atoms with E-state index in [-0.39, 0.29) is 16.7 Å². The number of halogens is 1. The Balaban J connectivity index is 1.97. The van der Waals surface area contributed by atoms with E-state index in [4.69, 9.17) is 11.6 Å². The molecule has 1 N–H and O–H groups in total. The summed E-state index contributed by atoms with van der Waals surface area (Å²) in [6.07, 6.45) is 1.96. The molecule has 2 aromatic heterocycles. The van der Waals surface area contributed by atoms with Crippen LogP contribution in [0.1, 0.15) is 5.69 Å². The Hall–Kier alpha value is -1.73. The fourth-order valence-electron chi connectivity index (χ4n) is 1.37. The van der Waals surface area contributed by atoms with Crippen molar-refractivity contribution in [2.24, 2.45) is 0 Å². The zero-order valence-electron chi connectivity index (χ0n) is 9.82. The maximum absolute atomic E-state index is 11.8. The monoisotopic (exact) mass is 298 g/mol. The number of hydrogen-bond donors (Lipinski definition) is 1. The van der Waals surface area contributed by atoms with Crippen molar-refractivity contribution in [3.8, 4) is 0 Å². The van der Waals surface area contributed by atoms with Crippen LogP contribution in [-0.2, 0) is 16.4 Å². The lowest BCUT2D eigenvalue weighted by atomic mass is 10.3. The van der Waals surface area contributed by atoms with Gasteiger partial charge in [0.05, 0.1) is 5.75 Å². The summed E-state index contributed by atoms with van der Waals surface area (Å²) >= 11 is 5.57. The van der Waals surface area contributed by atoms with E-state index < -0.39 is 10.0 Å². The van der Waals surface area contributed by atoms with E-state index in [1.165, 1.54) is 12.1 Å². The smallest absolute Gasteiger partial charge is 0.234 e. The number of aromatic nitrogens is 3. The van der Waals surface area contributed by atoms with Gasteiger partial charge >= 0.3 is 0 Å². The Morgan fingerprint density at radius 1 is 1.16 bits per heavy atom. The average Bonchev–Trinajstić information content (AvgIpc) is 2.40. The van der Waals surface area contributed by atoms with Crippen molar-refractivity contribution in [3.05, 3.63) is 47.4 Å². The first-order chi connectivity index (χ1) is 9.05. The van der Waals surface area contributed by atoms with E-state index >= 15 is 0 Å². The van der Waals surface area contributed by atoms with Gasteiger partial charge in [0.25, 0.3) is 0 Å². The first kappa shape index (κ1) is 13.7. The number of aryl methyl sites for hydroxylation is 1. The fraction of sp³-hybridized carbons (Fsp3) is 0.182. The molecule has 0 aliphatic heterocycles. The second-order valence-corrected chi connectivity index (χ2v) is 5.96. The molecule has 2 rings (SSSR count). The molecule has 100 valence electrons. The summed E-state index contributed by atoms with van der Waals surface area (Å²) in [5.74, 6) is 0.0688. The lowest BCUT2D eigenvalue weighted by Gasteiger charge is -2.06. The van der Waals surface area contributed by atoms with Gasteiger partial charge in [-0.2, -0.15) is 0 Å². The number of nitrogens with one attached hydrogen (secondary N) is 1. The van der Waals surface area contributed by atoms with Crippen LogP contribution in [0.15, 0.2) is 36.5 Å². The van der Waals surface area contributed by atoms with Gasteiger partial charge in [0.15, 0.2) is 11.0 Å². The lowest BCUT2D eigenvalue weighted by Crippen LogP contribution is -2.19. The highest BCUT2D eigenvalue weighted by Crippen LogP contribution is 2.08. The van der Waals surface area contributed by atoms with Crippen LogP contribution in [0.25, 0.3) is 0 Å². The third kappa shape index (κ3) is 4.46. The third-order valence-electron chi connectivity index (χ3n) is 2.25. The second-order valence-electron chi connectivity index (χ2n) is 3.73. The highest BCUT2D eigenvalue weighted by atomic mass is 35.5. The van der Waals surface area contributed by atoms with Gasteiger partial charge in [-0.15, -0.1) is 10.2 Å². The molecular weight excluding hydrogens is 288 g/mol. The minimum absolute atomic E-state index is 0.0751. The zero-order chi connectivity index (χ0) is 13.7. The number of pyridine rings is 1. The van der Waals surface area contributed by atoms with Crippen molar-refractivity contribution in [1.29, 1.82) is 0 Å². The maximum atomic E-state index is 11.8. The number of nitrogens with zero attached hydrogens (tertiary/aromatic N) is 3. The van der Waals surface area contributed by atoms with Crippen molar-refractivity contribution in [2.75, 3.05) is 10.5 Å². The van der Waals surface area contributed by atoms with Gasteiger partial charge < -0.3 is 0 Å². The molecule has 2 aromatic rings. The van der Waals surface area contributed by atoms with Crippen LogP contribution in [0, 0.1) is 0 Å². The quantitative estimate of drug-likeness (QED) is 0.904. The van der Waals surface area contributed by atoms with E-state index in [2.05, 4.69) is 19.9 Å². The zero-order valence-corrected chi connectivity index (χ0v) is 11.4. The Morgan fingerprint density at radius 2 is 2.00 bits per heavy atom. The summed E-state index contributed by atoms with van der Waals surface area (Å²) in [5.41, 5.74) is 0.718. The maximum Gasteiger partial charge on any atom is 0.234 e. The molecule has 0 unspecified atom stereocenters. The molecule has 0 spiro atoms. The Bertz CT molecular complexity index is 632. The Labute approximate surface area is 115 Å². The molecule has 8 heteroatoms. The molecule has 0 saturated carbocycles. The molecule has 0 aliphatic carbocycles. The van der Waals surface area contributed by atoms with E-state index in [0.29, 0.717) is 6.42 Å². The summed E-state index contributed by atoms with van der Waals surface area (Å²) in [5, 5.41) is 7.39. The van der Waals surface area contributed by atoms with Crippen LogP contribution in [0.2, 0.25) is 5.15 Å². The number of hydrogen-bond acceptors (Lipinski definition) is 5. The predicted octanol–water partition coefficient (Wildman–Crippen LogP) is 1.51. The van der Waals surface area contributed by atoms with Gasteiger partial charge in [-0.1, -0.05) is 17.7 Å². The van der Waals surface area contributed by atoms with Crippen molar-refractivity contribution < 1.29 is 8.42 Å². The van der Waals surface area contributed by atoms with E-state index in [9.17, 15) is 8.42 Å². The van der Waals surface area contributed by atoms with E-state index in [1.54, 1.807) is 18.3 Å². The number of sulfonamides is 1. The first-order valence-corrected chi connectivity index (χ1v) is 7.48. The molecule has 0 radical (unpaired) electrons. The molecule has 0 amide bonds. The van der Waals surface area contributed by atoms with Crippen LogP contribution >= 0.6 is 11.6 Å². The summed E-state index contributed by atoms with van der Waals surface area (Å²) in [6, 6.07) is 8.28. The van der Waals surface area contributed by atoms with E-state index in [0.717, 1.165) is 5.69 Å². The van der Waals surface area contributed by atoms with E-state index in [1.807, 2.05) is 6.07 Å². The largest absolute Gasteiger partial charge is 0.266 e. The molecule has 19 heavy (non-hydrogen) atoms. The summed E-state index contributed by atoms with van der Waals surface area (Å²) in [7, 11) is -3.48. The predicted molar refractivity (Wildman–Crippen MR) is 72.4 cm³/mol. The summed E-state index contributed by atoms with van der Waals surface area (Å²) in [6.45, 7) is 0. The van der Waals surface area contributed by atoms with Crippen LogP contribution in [-0.4, -0.2) is 29.4 Å². The van der Waals surface area contributed by atoms with Crippen LogP contribution in [0.5, 0.6) is 0 Å². The summed E-state index contributed by atoms with van der Waals surface area (Å²) < 4.78 is 26.0. The molecule has 0 atom stereocenters. The topological polar surface area (TPSA) is 84.8 Å². The normalized spacial score (nSPS) is 11.2. The van der Waals surface area contributed by atoms with Crippen LogP contribution < -0.4 is 4.72 Å². The molecule has 2 heterocycles. The van der Waals surface area contributed by atoms with Gasteiger partial charge in [0, 0.05) is 18.3 Å². The van der Waals surface area contributed by atoms with Crippen molar-refractivity contribution >= 4 is 27.4 Å². The lowest BCUT2D eigenvalue weighted by molar-refractivity contribution is 0.600. The van der Waals surface area contributed by atoms with Crippen LogP contribution in [0.3, 0.4) is 0 Å². The molecule has 0 fully saturated rings. The van der Waals surface area contributed by atoms with Crippen molar-refractivity contribution in [1.82, 2.24) is 15.2 Å². The minimum Gasteiger partial charge on any atom is -0.266 e. The van der Waals surface area contributed by atoms with Gasteiger partial charge in [0.1, 0.15) is 0 Å². The highest BCUT2D eigenvalue weighted by molar-refractivity contribution is 7.92. The Kier molecular flexibility index (Phi) is 4.28. The van der Waals surface area contributed by atoms with Crippen LogP contribution in [0.4, 0.5) is 5.82 Å². The standard InChI is InChI=1S/C11H11ClN4O2S/c12-10-4-5-11(15-14-10)16-19(17,18)8-6-9-3-1-2-7-13-9/h1-5,7H,6,8H2,(H,15,16). The second kappa shape index (κ2) is 5.94. The summed E-state index contributed by atoms with van der Waals surface area (Å²) in [4.78, 5) is 4.06. The molecule has 6 nitrogen and oxygen atoms in total. The van der Waals surface area contributed by atoms with Gasteiger partial charge in [-0.3, -0.25) is 9.71 Å². The molecule has 0 saturated heterocycles. The average molecular weight is 299 g/mol. The Morgan fingerprint density at radius 3 is 2.63 bits per heavy atom. The van der Waals surface area contributed by atoms with Gasteiger partial charge in [-0.05, 0) is 24.3 Å². The van der Waals surface area contributed by atoms with Gasteiger partial charge in [0.2, 0.25) is 10.0 Å². The minimum atomic E-state index is -3.48. The van der Waals surface area contributed by atoms with Crippen molar-refractivity contribution in [3.63, 3.8) is 0 Å². The number of anilines is 1. The fourth-order valence-corrected chi connectivity index (χ4v) is 2.47. The first-order valence-electron chi connectivity index (χ1n) is 5.45. The van der Waals surface area contributed by atoms with Gasteiger partial charge in [-0.25, -0.2) is 8.42 Å². The SMILES string of the molecule is O=S(=O)(CCc1ccccn1)Nc1ccc(Cl)nn1. The molecule has 0 aromatic carbocycles.